The van der Waals surface area contributed by atoms with E-state index in [1.807, 2.05) is 13.8 Å². The molecule has 0 heterocycles. The van der Waals surface area contributed by atoms with Gasteiger partial charge < -0.3 is 10.1 Å². The van der Waals surface area contributed by atoms with Crippen LogP contribution in [-0.4, -0.2) is 17.6 Å². The number of hydrogen-bond acceptors (Lipinski definition) is 4. The zero-order valence-corrected chi connectivity index (χ0v) is 11.0. The van der Waals surface area contributed by atoms with Crippen LogP contribution in [0, 0.1) is 10.1 Å². The number of nitro groups is 1. The predicted octanol–water partition coefficient (Wildman–Crippen LogP) is 3.55. The predicted molar refractivity (Wildman–Crippen MR) is 72.3 cm³/mol. The van der Waals surface area contributed by atoms with Gasteiger partial charge in [0.1, 0.15) is 0 Å². The molecule has 0 aromatic heterocycles. The second-order valence-corrected chi connectivity index (χ2v) is 4.51. The first kappa shape index (κ1) is 14.3. The number of ether oxygens (including phenoxy) is 1. The van der Waals surface area contributed by atoms with Crippen LogP contribution in [0.3, 0.4) is 0 Å². The Kier molecular flexibility index (Phi) is 4.97. The van der Waals surface area contributed by atoms with Gasteiger partial charge in [-0.1, -0.05) is 18.2 Å². The topological polar surface area (TPSA) is 64.4 Å². The van der Waals surface area contributed by atoms with Crippen molar-refractivity contribution in [3.05, 3.63) is 39.9 Å². The van der Waals surface area contributed by atoms with Gasteiger partial charge in [-0.15, -0.1) is 0 Å². The van der Waals surface area contributed by atoms with Crippen molar-refractivity contribution < 1.29 is 9.66 Å². The molecule has 6 heteroatoms. The van der Waals surface area contributed by atoms with Crippen molar-refractivity contribution in [3.63, 3.8) is 0 Å². The minimum absolute atomic E-state index is 0.0565. The molecule has 0 saturated heterocycles. The number of rotatable bonds is 6. The van der Waals surface area contributed by atoms with Crippen molar-refractivity contribution in [2.75, 3.05) is 11.9 Å². The number of nitrogens with zero attached hydrogens (tertiary/aromatic N) is 1. The lowest BCUT2D eigenvalue weighted by Crippen LogP contribution is -2.08. The Morgan fingerprint density at radius 1 is 1.61 bits per heavy atom. The number of anilines is 1. The van der Waals surface area contributed by atoms with Gasteiger partial charge in [0, 0.05) is 22.9 Å². The molecule has 1 aromatic rings. The fraction of sp³-hybridized carbons (Fsp3) is 0.333. The molecule has 0 unspecified atom stereocenters. The molecule has 0 radical (unpaired) electrons. The largest absolute Gasteiger partial charge is 0.484 e. The van der Waals surface area contributed by atoms with Gasteiger partial charge in [0.05, 0.1) is 17.6 Å². The van der Waals surface area contributed by atoms with Gasteiger partial charge in [0.25, 0.3) is 0 Å². The third kappa shape index (κ3) is 4.25. The van der Waals surface area contributed by atoms with E-state index in [0.717, 1.165) is 0 Å². The van der Waals surface area contributed by atoms with Gasteiger partial charge >= 0.3 is 5.69 Å². The van der Waals surface area contributed by atoms with E-state index >= 15 is 0 Å². The lowest BCUT2D eigenvalue weighted by molar-refractivity contribution is -0.386. The minimum atomic E-state index is -0.470. The zero-order chi connectivity index (χ0) is 13.7. The Morgan fingerprint density at radius 3 is 2.78 bits per heavy atom. The van der Waals surface area contributed by atoms with Gasteiger partial charge in [-0.05, 0) is 19.9 Å². The molecule has 0 atom stereocenters. The van der Waals surface area contributed by atoms with E-state index in [9.17, 15) is 10.1 Å². The first-order valence-electron chi connectivity index (χ1n) is 5.42. The van der Waals surface area contributed by atoms with Gasteiger partial charge in [-0.2, -0.15) is 0 Å². The van der Waals surface area contributed by atoms with Crippen LogP contribution < -0.4 is 10.1 Å². The van der Waals surface area contributed by atoms with Gasteiger partial charge in [0.15, 0.2) is 5.75 Å². The molecule has 18 heavy (non-hydrogen) atoms. The summed E-state index contributed by atoms with van der Waals surface area (Å²) < 4.78 is 5.42. The van der Waals surface area contributed by atoms with E-state index in [0.29, 0.717) is 17.3 Å². The van der Waals surface area contributed by atoms with E-state index in [2.05, 4.69) is 11.9 Å². The highest BCUT2D eigenvalue weighted by Gasteiger charge is 2.16. The number of nitro benzene ring substituents is 1. The van der Waals surface area contributed by atoms with E-state index < -0.39 is 4.92 Å². The van der Waals surface area contributed by atoms with Crippen molar-refractivity contribution in [1.29, 1.82) is 0 Å². The number of hydrogen-bond donors (Lipinski definition) is 1. The maximum absolute atomic E-state index is 10.9. The molecule has 0 amide bonds. The highest BCUT2D eigenvalue weighted by molar-refractivity contribution is 6.29. The van der Waals surface area contributed by atoms with Crippen molar-refractivity contribution in [2.24, 2.45) is 0 Å². The Bertz CT molecular complexity index is 461. The Labute approximate surface area is 111 Å². The molecule has 0 aliphatic carbocycles. The van der Waals surface area contributed by atoms with Crippen LogP contribution in [0.4, 0.5) is 11.4 Å². The number of benzene rings is 1. The fourth-order valence-corrected chi connectivity index (χ4v) is 1.39. The number of nitrogens with one attached hydrogen (secondary N) is 1. The van der Waals surface area contributed by atoms with Crippen molar-refractivity contribution >= 4 is 23.0 Å². The summed E-state index contributed by atoms with van der Waals surface area (Å²) in [5.74, 6) is 0.236. The maximum Gasteiger partial charge on any atom is 0.311 e. The first-order valence-corrected chi connectivity index (χ1v) is 5.80. The average Bonchev–Trinajstić information content (AvgIpc) is 2.25. The monoisotopic (exact) mass is 270 g/mol. The van der Waals surface area contributed by atoms with Crippen molar-refractivity contribution in [1.82, 2.24) is 0 Å². The van der Waals surface area contributed by atoms with Crippen LogP contribution in [0.15, 0.2) is 29.8 Å². The summed E-state index contributed by atoms with van der Waals surface area (Å²) >= 11 is 5.64. The van der Waals surface area contributed by atoms with Crippen LogP contribution in [0.25, 0.3) is 0 Å². The summed E-state index contributed by atoms with van der Waals surface area (Å²) in [5.41, 5.74) is 0.636. The molecule has 0 aliphatic heterocycles. The van der Waals surface area contributed by atoms with Gasteiger partial charge in [-0.3, -0.25) is 10.1 Å². The standard InChI is InChI=1S/C12H15ClN2O3/c1-8(2)18-12-6-10(14-7-9(3)13)4-5-11(12)15(16)17/h4-6,8,14H,3,7H2,1-2H3. The Balaban J connectivity index is 2.97. The first-order chi connectivity index (χ1) is 8.40. The van der Waals surface area contributed by atoms with Crippen LogP contribution in [0.1, 0.15) is 13.8 Å². The highest BCUT2D eigenvalue weighted by atomic mass is 35.5. The van der Waals surface area contributed by atoms with E-state index in [1.165, 1.54) is 6.07 Å². The Hall–Kier alpha value is -1.75. The van der Waals surface area contributed by atoms with Gasteiger partial charge in [0.2, 0.25) is 0 Å². The molecule has 1 aromatic carbocycles. The van der Waals surface area contributed by atoms with Crippen LogP contribution in [0.5, 0.6) is 5.75 Å². The van der Waals surface area contributed by atoms with Crippen LogP contribution >= 0.6 is 11.6 Å². The molecular weight excluding hydrogens is 256 g/mol. The smallest absolute Gasteiger partial charge is 0.311 e. The summed E-state index contributed by atoms with van der Waals surface area (Å²) in [7, 11) is 0. The molecule has 0 spiro atoms. The summed E-state index contributed by atoms with van der Waals surface area (Å²) in [5, 5.41) is 14.3. The lowest BCUT2D eigenvalue weighted by atomic mass is 10.2. The van der Waals surface area contributed by atoms with E-state index in [4.69, 9.17) is 16.3 Å². The number of halogens is 1. The summed E-state index contributed by atoms with van der Waals surface area (Å²) in [6.45, 7) is 7.56. The molecule has 0 fully saturated rings. The van der Waals surface area contributed by atoms with Crippen LogP contribution in [0.2, 0.25) is 0 Å². The van der Waals surface area contributed by atoms with E-state index in [1.54, 1.807) is 12.1 Å². The average molecular weight is 271 g/mol. The zero-order valence-electron chi connectivity index (χ0n) is 10.3. The fourth-order valence-electron chi connectivity index (χ4n) is 1.32. The molecule has 0 saturated carbocycles. The minimum Gasteiger partial charge on any atom is -0.484 e. The third-order valence-corrected chi connectivity index (χ3v) is 2.14. The molecule has 1 rings (SSSR count). The molecule has 0 aliphatic rings. The molecule has 0 bridgehead atoms. The summed E-state index contributed by atoms with van der Waals surface area (Å²) in [6.07, 6.45) is -0.137. The normalized spacial score (nSPS) is 10.2. The highest BCUT2D eigenvalue weighted by Crippen LogP contribution is 2.30. The van der Waals surface area contributed by atoms with Crippen molar-refractivity contribution in [3.8, 4) is 5.75 Å². The lowest BCUT2D eigenvalue weighted by Gasteiger charge is -2.12. The third-order valence-electron chi connectivity index (χ3n) is 2.00. The summed E-state index contributed by atoms with van der Waals surface area (Å²) in [6, 6.07) is 4.58. The van der Waals surface area contributed by atoms with E-state index in [-0.39, 0.29) is 17.5 Å². The van der Waals surface area contributed by atoms with Crippen molar-refractivity contribution in [2.45, 2.75) is 20.0 Å². The SMILES string of the molecule is C=C(Cl)CNc1ccc([N+](=O)[O-])c(OC(C)C)c1. The second kappa shape index (κ2) is 6.26. The molecular formula is C12H15ClN2O3. The molecule has 98 valence electrons. The molecule has 5 nitrogen and oxygen atoms in total. The maximum atomic E-state index is 10.9. The van der Waals surface area contributed by atoms with Crippen LogP contribution in [-0.2, 0) is 0 Å². The quantitative estimate of drug-likeness (QED) is 0.634. The second-order valence-electron chi connectivity index (χ2n) is 3.98. The van der Waals surface area contributed by atoms with Gasteiger partial charge in [-0.25, -0.2) is 0 Å². The summed E-state index contributed by atoms with van der Waals surface area (Å²) in [4.78, 5) is 10.4. The Morgan fingerprint density at radius 2 is 2.28 bits per heavy atom. The molecule has 1 N–H and O–H groups in total.